The number of halogens is 2. The van der Waals surface area contributed by atoms with Crippen LogP contribution in [0.1, 0.15) is 17.3 Å². The minimum absolute atomic E-state index is 0.271. The van der Waals surface area contributed by atoms with Crippen molar-refractivity contribution in [3.63, 3.8) is 0 Å². The summed E-state index contributed by atoms with van der Waals surface area (Å²) in [5.41, 5.74) is 1.34. The molecule has 0 spiro atoms. The lowest BCUT2D eigenvalue weighted by atomic mass is 10.0. The predicted molar refractivity (Wildman–Crippen MR) is 63.3 cm³/mol. The van der Waals surface area contributed by atoms with Crippen molar-refractivity contribution in [2.24, 2.45) is 7.05 Å². The molecule has 4 nitrogen and oxygen atoms in total. The lowest BCUT2D eigenvalue weighted by Gasteiger charge is -2.15. The Morgan fingerprint density at radius 2 is 2.24 bits per heavy atom. The lowest BCUT2D eigenvalue weighted by molar-refractivity contribution is 0.600. The van der Waals surface area contributed by atoms with E-state index in [4.69, 9.17) is 11.6 Å². The molecule has 17 heavy (non-hydrogen) atoms. The second kappa shape index (κ2) is 4.81. The summed E-state index contributed by atoms with van der Waals surface area (Å²) >= 11 is 6.06. The summed E-state index contributed by atoms with van der Waals surface area (Å²) in [7, 11) is 3.49. The van der Waals surface area contributed by atoms with E-state index in [1.165, 1.54) is 23.0 Å². The van der Waals surface area contributed by atoms with Crippen molar-refractivity contribution in [3.05, 3.63) is 46.5 Å². The Balaban J connectivity index is 2.45. The molecule has 0 aliphatic carbocycles. The third kappa shape index (κ3) is 2.45. The molecule has 1 aromatic carbocycles. The van der Waals surface area contributed by atoms with E-state index in [9.17, 15) is 4.39 Å². The Morgan fingerprint density at radius 1 is 1.47 bits per heavy atom. The van der Waals surface area contributed by atoms with Crippen LogP contribution in [0.4, 0.5) is 4.39 Å². The van der Waals surface area contributed by atoms with Crippen LogP contribution in [0.25, 0.3) is 0 Å². The van der Waals surface area contributed by atoms with Crippen LogP contribution in [0.5, 0.6) is 0 Å². The first-order valence-corrected chi connectivity index (χ1v) is 5.48. The van der Waals surface area contributed by atoms with E-state index in [2.05, 4.69) is 15.5 Å². The highest BCUT2D eigenvalue weighted by Crippen LogP contribution is 2.27. The van der Waals surface area contributed by atoms with Gasteiger partial charge < -0.3 is 5.32 Å². The average molecular weight is 255 g/mol. The molecule has 1 heterocycles. The molecule has 0 amide bonds. The van der Waals surface area contributed by atoms with E-state index in [1.54, 1.807) is 20.3 Å². The van der Waals surface area contributed by atoms with Gasteiger partial charge in [0.1, 0.15) is 11.5 Å². The van der Waals surface area contributed by atoms with E-state index >= 15 is 0 Å². The summed E-state index contributed by atoms with van der Waals surface area (Å²) in [6, 6.07) is 3.99. The molecule has 90 valence electrons. The third-order valence-corrected chi connectivity index (χ3v) is 2.82. The van der Waals surface area contributed by atoms with Gasteiger partial charge in [0.15, 0.2) is 0 Å². The quantitative estimate of drug-likeness (QED) is 0.910. The summed E-state index contributed by atoms with van der Waals surface area (Å²) in [5.74, 6) is -0.325. The minimum Gasteiger partial charge on any atom is -0.308 e. The van der Waals surface area contributed by atoms with Gasteiger partial charge in [-0.1, -0.05) is 11.6 Å². The van der Waals surface area contributed by atoms with Gasteiger partial charge in [0.25, 0.3) is 0 Å². The summed E-state index contributed by atoms with van der Waals surface area (Å²) in [4.78, 5) is 1.45. The van der Waals surface area contributed by atoms with Crippen LogP contribution in [-0.4, -0.2) is 22.0 Å². The fraction of sp³-hybridized carbons (Fsp3) is 0.273. The highest BCUT2D eigenvalue weighted by molar-refractivity contribution is 6.31. The van der Waals surface area contributed by atoms with E-state index < -0.39 is 0 Å². The van der Waals surface area contributed by atoms with Crippen LogP contribution in [0.3, 0.4) is 0 Å². The number of nitrogens with one attached hydrogen (secondary N) is 1. The number of hydrogen-bond donors (Lipinski definition) is 1. The molecule has 1 aromatic heterocycles. The van der Waals surface area contributed by atoms with Crippen molar-refractivity contribution < 1.29 is 4.39 Å². The molecule has 1 N–H and O–H groups in total. The molecule has 0 bridgehead atoms. The van der Waals surface area contributed by atoms with Crippen LogP contribution >= 0.6 is 11.6 Å². The van der Waals surface area contributed by atoms with E-state index in [1.807, 2.05) is 0 Å². The Kier molecular flexibility index (Phi) is 3.40. The monoisotopic (exact) mass is 254 g/mol. The third-order valence-electron chi connectivity index (χ3n) is 2.47. The second-order valence-electron chi connectivity index (χ2n) is 3.65. The molecule has 0 aliphatic heterocycles. The standard InChI is InChI=1S/C11H12ClFN4/c1-14-11(10-6-15-17(2)16-10)8-5-7(13)3-4-9(8)12/h3-6,11,14H,1-2H3. The van der Waals surface area contributed by atoms with Gasteiger partial charge in [0.2, 0.25) is 0 Å². The Morgan fingerprint density at radius 3 is 2.82 bits per heavy atom. The highest BCUT2D eigenvalue weighted by atomic mass is 35.5. The maximum Gasteiger partial charge on any atom is 0.123 e. The fourth-order valence-electron chi connectivity index (χ4n) is 1.69. The predicted octanol–water partition coefficient (Wildman–Crippen LogP) is 1.92. The van der Waals surface area contributed by atoms with Crippen LogP contribution in [0, 0.1) is 5.82 Å². The summed E-state index contributed by atoms with van der Waals surface area (Å²) in [6.45, 7) is 0. The zero-order valence-corrected chi connectivity index (χ0v) is 10.2. The van der Waals surface area contributed by atoms with E-state index in [0.717, 1.165) is 0 Å². The van der Waals surface area contributed by atoms with Gasteiger partial charge in [-0.25, -0.2) is 4.39 Å². The first kappa shape index (κ1) is 12.0. The highest BCUT2D eigenvalue weighted by Gasteiger charge is 2.18. The molecule has 2 aromatic rings. The van der Waals surface area contributed by atoms with Gasteiger partial charge in [-0.15, -0.1) is 0 Å². The normalized spacial score (nSPS) is 12.7. The number of aryl methyl sites for hydroxylation is 1. The van der Waals surface area contributed by atoms with Crippen LogP contribution in [-0.2, 0) is 7.05 Å². The van der Waals surface area contributed by atoms with Crippen molar-refractivity contribution in [1.82, 2.24) is 20.3 Å². The molecule has 0 radical (unpaired) electrons. The van der Waals surface area contributed by atoms with Crippen molar-refractivity contribution >= 4 is 11.6 Å². The SMILES string of the molecule is CNC(c1cnn(C)n1)c1cc(F)ccc1Cl. The Bertz CT molecular complexity index is 526. The molecule has 6 heteroatoms. The minimum atomic E-state index is -0.325. The lowest BCUT2D eigenvalue weighted by Crippen LogP contribution is -2.19. The molecule has 0 saturated heterocycles. The second-order valence-corrected chi connectivity index (χ2v) is 4.05. The summed E-state index contributed by atoms with van der Waals surface area (Å²) < 4.78 is 13.2. The molecule has 1 atom stereocenters. The van der Waals surface area contributed by atoms with Gasteiger partial charge >= 0.3 is 0 Å². The van der Waals surface area contributed by atoms with Crippen molar-refractivity contribution in [2.45, 2.75) is 6.04 Å². The molecule has 0 aliphatic rings. The summed E-state index contributed by atoms with van der Waals surface area (Å²) in [5, 5.41) is 11.7. The number of hydrogen-bond acceptors (Lipinski definition) is 3. The van der Waals surface area contributed by atoms with Gasteiger partial charge in [-0.05, 0) is 30.8 Å². The molecule has 0 fully saturated rings. The van der Waals surface area contributed by atoms with E-state index in [0.29, 0.717) is 16.3 Å². The van der Waals surface area contributed by atoms with Crippen LogP contribution in [0.15, 0.2) is 24.4 Å². The Hall–Kier alpha value is -1.46. The number of aromatic nitrogens is 3. The Labute approximate surface area is 103 Å². The molecule has 0 saturated carbocycles. The van der Waals surface area contributed by atoms with Crippen molar-refractivity contribution in [2.75, 3.05) is 7.05 Å². The first-order valence-electron chi connectivity index (χ1n) is 5.10. The van der Waals surface area contributed by atoms with Crippen LogP contribution in [0.2, 0.25) is 5.02 Å². The largest absolute Gasteiger partial charge is 0.308 e. The molecular weight excluding hydrogens is 243 g/mol. The first-order chi connectivity index (χ1) is 8.11. The zero-order valence-electron chi connectivity index (χ0n) is 9.48. The number of rotatable bonds is 3. The number of nitrogens with zero attached hydrogens (tertiary/aromatic N) is 3. The number of benzene rings is 1. The fourth-order valence-corrected chi connectivity index (χ4v) is 1.92. The topological polar surface area (TPSA) is 42.7 Å². The van der Waals surface area contributed by atoms with Crippen LogP contribution < -0.4 is 5.32 Å². The maximum absolute atomic E-state index is 13.2. The van der Waals surface area contributed by atoms with E-state index in [-0.39, 0.29) is 11.9 Å². The maximum atomic E-state index is 13.2. The van der Waals surface area contributed by atoms with Gasteiger partial charge in [-0.2, -0.15) is 15.0 Å². The van der Waals surface area contributed by atoms with Gasteiger partial charge in [-0.3, -0.25) is 0 Å². The van der Waals surface area contributed by atoms with Gasteiger partial charge in [0.05, 0.1) is 12.2 Å². The van der Waals surface area contributed by atoms with Crippen molar-refractivity contribution in [1.29, 1.82) is 0 Å². The molecule has 1 unspecified atom stereocenters. The summed E-state index contributed by atoms with van der Waals surface area (Å²) in [6.07, 6.45) is 1.63. The zero-order chi connectivity index (χ0) is 12.4. The smallest absolute Gasteiger partial charge is 0.123 e. The average Bonchev–Trinajstić information content (AvgIpc) is 2.71. The molecular formula is C11H12ClFN4. The van der Waals surface area contributed by atoms with Gasteiger partial charge in [0, 0.05) is 12.1 Å². The van der Waals surface area contributed by atoms with Crippen molar-refractivity contribution in [3.8, 4) is 0 Å². The molecule has 2 rings (SSSR count).